The third kappa shape index (κ3) is 5.24. The fraction of sp³-hybridized carbons (Fsp3) is 0.238. The molecule has 1 aromatic heterocycles. The number of quaternary nitrogens is 1. The van der Waals surface area contributed by atoms with E-state index in [1.54, 1.807) is 23.1 Å². The Labute approximate surface area is 173 Å². The second-order valence-corrected chi connectivity index (χ2v) is 8.11. The lowest BCUT2D eigenvalue weighted by Crippen LogP contribution is -3.06. The number of aromatic nitrogens is 1. The Bertz CT molecular complexity index is 1060. The van der Waals surface area contributed by atoms with E-state index in [1.807, 2.05) is 33.2 Å². The molecule has 8 heteroatoms. The van der Waals surface area contributed by atoms with Gasteiger partial charge in [0.1, 0.15) is 0 Å². The largest absolute Gasteiger partial charge is 0.338 e. The van der Waals surface area contributed by atoms with Gasteiger partial charge in [-0.3, -0.25) is 19.8 Å². The Kier molecular flexibility index (Phi) is 6.36. The van der Waals surface area contributed by atoms with Crippen LogP contribution in [0.15, 0.2) is 48.5 Å². The maximum Gasteiger partial charge on any atom is 0.269 e. The molecule has 0 saturated carbocycles. The quantitative estimate of drug-likeness (QED) is 0.368. The summed E-state index contributed by atoms with van der Waals surface area (Å²) in [6.45, 7) is 3.36. The van der Waals surface area contributed by atoms with Gasteiger partial charge in [0.05, 0.1) is 42.3 Å². The summed E-state index contributed by atoms with van der Waals surface area (Å²) < 4.78 is 1.05. The molecular weight excluding hydrogens is 388 g/mol. The van der Waals surface area contributed by atoms with E-state index < -0.39 is 4.92 Å². The number of non-ortho nitro benzene ring substituents is 1. The molecule has 0 aliphatic carbocycles. The van der Waals surface area contributed by atoms with Gasteiger partial charge in [0.25, 0.3) is 11.6 Å². The first-order chi connectivity index (χ1) is 13.8. The Hall–Kier alpha value is -3.10. The molecule has 0 aliphatic rings. The molecule has 1 heterocycles. The number of likely N-dealkylation sites (N-methyl/N-ethyl adjacent to an activating group) is 1. The van der Waals surface area contributed by atoms with Crippen molar-refractivity contribution in [2.75, 3.05) is 32.1 Å². The van der Waals surface area contributed by atoms with E-state index in [4.69, 9.17) is 0 Å². The van der Waals surface area contributed by atoms with Gasteiger partial charge in [-0.15, -0.1) is 0 Å². The number of aryl methyl sites for hydroxylation is 1. The second kappa shape index (κ2) is 8.93. The summed E-state index contributed by atoms with van der Waals surface area (Å²) in [5.41, 5.74) is 2.78. The summed E-state index contributed by atoms with van der Waals surface area (Å²) >= 11 is 1.50. The van der Waals surface area contributed by atoms with Crippen LogP contribution >= 0.6 is 11.3 Å². The van der Waals surface area contributed by atoms with Crippen LogP contribution in [0, 0.1) is 17.0 Å². The van der Waals surface area contributed by atoms with Gasteiger partial charge in [-0.1, -0.05) is 17.4 Å². The lowest BCUT2D eigenvalue weighted by molar-refractivity contribution is -0.856. The molecule has 0 saturated heterocycles. The van der Waals surface area contributed by atoms with Crippen LogP contribution in [0.1, 0.15) is 11.1 Å². The van der Waals surface area contributed by atoms with Gasteiger partial charge in [-0.05, 0) is 48.4 Å². The van der Waals surface area contributed by atoms with Crippen LogP contribution in [0.5, 0.6) is 0 Å². The number of hydrogen-bond acceptors (Lipinski definition) is 5. The monoisotopic (exact) mass is 411 g/mol. The lowest BCUT2D eigenvalue weighted by atomic mass is 10.2. The van der Waals surface area contributed by atoms with E-state index in [-0.39, 0.29) is 11.6 Å². The topological polar surface area (TPSA) is 80.8 Å². The highest BCUT2D eigenvalue weighted by atomic mass is 32.1. The first-order valence-corrected chi connectivity index (χ1v) is 10.1. The van der Waals surface area contributed by atoms with Gasteiger partial charge in [-0.2, -0.15) is 0 Å². The number of carbonyl (C=O) groups is 1. The summed E-state index contributed by atoms with van der Waals surface area (Å²) in [5.74, 6) is -0.166. The third-order valence-corrected chi connectivity index (χ3v) is 5.43. The Balaban J connectivity index is 1.84. The van der Waals surface area contributed by atoms with Crippen molar-refractivity contribution < 1.29 is 14.6 Å². The van der Waals surface area contributed by atoms with E-state index in [0.29, 0.717) is 11.7 Å². The number of nitrogens with zero attached hydrogens (tertiary/aromatic N) is 3. The molecule has 1 N–H and O–H groups in total. The molecule has 29 heavy (non-hydrogen) atoms. The molecule has 150 valence electrons. The van der Waals surface area contributed by atoms with Crippen LogP contribution in [0.4, 0.5) is 10.8 Å². The minimum absolute atomic E-state index is 0.0221. The molecule has 3 aromatic rings. The van der Waals surface area contributed by atoms with Crippen molar-refractivity contribution >= 4 is 44.4 Å². The van der Waals surface area contributed by atoms with Gasteiger partial charge in [0.15, 0.2) is 5.13 Å². The van der Waals surface area contributed by atoms with Crippen molar-refractivity contribution in [3.05, 3.63) is 69.8 Å². The fourth-order valence-corrected chi connectivity index (χ4v) is 3.83. The summed E-state index contributed by atoms with van der Waals surface area (Å²) in [7, 11) is 4.08. The highest BCUT2D eigenvalue weighted by molar-refractivity contribution is 7.22. The first kappa shape index (κ1) is 20.6. The van der Waals surface area contributed by atoms with Gasteiger partial charge in [-0.25, -0.2) is 4.98 Å². The summed E-state index contributed by atoms with van der Waals surface area (Å²) in [4.78, 5) is 30.8. The van der Waals surface area contributed by atoms with Crippen LogP contribution in [0.2, 0.25) is 0 Å². The normalized spacial score (nSPS) is 11.4. The van der Waals surface area contributed by atoms with Crippen molar-refractivity contribution in [2.45, 2.75) is 6.92 Å². The number of benzene rings is 2. The predicted octanol–water partition coefficient (Wildman–Crippen LogP) is 2.70. The first-order valence-electron chi connectivity index (χ1n) is 9.24. The molecule has 2 aromatic carbocycles. The van der Waals surface area contributed by atoms with E-state index >= 15 is 0 Å². The number of carbonyl (C=O) groups excluding carboxylic acids is 1. The number of anilines is 1. The molecule has 7 nitrogen and oxygen atoms in total. The zero-order valence-corrected chi connectivity index (χ0v) is 17.4. The molecule has 3 rings (SSSR count). The van der Waals surface area contributed by atoms with E-state index in [0.717, 1.165) is 27.9 Å². The lowest BCUT2D eigenvalue weighted by Gasteiger charge is -2.19. The van der Waals surface area contributed by atoms with E-state index in [2.05, 4.69) is 11.1 Å². The zero-order chi connectivity index (χ0) is 21.0. The number of rotatable bonds is 7. The number of nitro groups is 1. The van der Waals surface area contributed by atoms with Crippen molar-refractivity contribution in [2.24, 2.45) is 0 Å². The molecule has 0 spiro atoms. The van der Waals surface area contributed by atoms with Gasteiger partial charge >= 0.3 is 0 Å². The standard InChI is InChI=1S/C21H22N4O3S/c1-15-4-10-18-19(14-15)29-21(22-18)24(13-12-23(2)3)20(26)11-7-16-5-8-17(9-6-16)25(27)28/h4-11,14H,12-13H2,1-3H3/p+1/b11-7-. The summed E-state index contributed by atoms with van der Waals surface area (Å²) in [5, 5.41) is 11.4. The summed E-state index contributed by atoms with van der Waals surface area (Å²) in [6.07, 6.45) is 3.16. The van der Waals surface area contributed by atoms with Crippen molar-refractivity contribution in [1.82, 2.24) is 4.98 Å². The second-order valence-electron chi connectivity index (χ2n) is 7.10. The minimum Gasteiger partial charge on any atom is -0.338 e. The molecule has 0 bridgehead atoms. The molecule has 0 radical (unpaired) electrons. The number of thiazole rings is 1. The number of nitrogens with one attached hydrogen (secondary N) is 1. The van der Waals surface area contributed by atoms with Crippen molar-refractivity contribution in [3.8, 4) is 0 Å². The number of fused-ring (bicyclic) bond motifs is 1. The van der Waals surface area contributed by atoms with E-state index in [9.17, 15) is 14.9 Å². The van der Waals surface area contributed by atoms with E-state index in [1.165, 1.54) is 34.4 Å². The van der Waals surface area contributed by atoms with Crippen LogP contribution in [-0.4, -0.2) is 43.0 Å². The average molecular weight is 412 g/mol. The maximum atomic E-state index is 12.9. The Morgan fingerprint density at radius 1 is 1.24 bits per heavy atom. The smallest absolute Gasteiger partial charge is 0.269 e. The molecule has 0 aliphatic heterocycles. The van der Waals surface area contributed by atoms with Gasteiger partial charge in [0, 0.05) is 18.2 Å². The summed E-state index contributed by atoms with van der Waals surface area (Å²) in [6, 6.07) is 12.1. The van der Waals surface area contributed by atoms with Gasteiger partial charge in [0.2, 0.25) is 0 Å². The minimum atomic E-state index is -0.446. The average Bonchev–Trinajstić information content (AvgIpc) is 3.09. The fourth-order valence-electron chi connectivity index (χ4n) is 2.74. The number of amides is 1. The Morgan fingerprint density at radius 3 is 2.62 bits per heavy atom. The van der Waals surface area contributed by atoms with Crippen LogP contribution < -0.4 is 9.80 Å². The van der Waals surface area contributed by atoms with Gasteiger partial charge < -0.3 is 4.90 Å². The molecule has 0 atom stereocenters. The zero-order valence-electron chi connectivity index (χ0n) is 16.6. The molecule has 0 unspecified atom stereocenters. The van der Waals surface area contributed by atoms with Crippen molar-refractivity contribution in [1.29, 1.82) is 0 Å². The molecule has 1 amide bonds. The van der Waals surface area contributed by atoms with Crippen LogP contribution in [0.25, 0.3) is 16.3 Å². The number of nitro benzene ring substituents is 1. The third-order valence-electron chi connectivity index (χ3n) is 4.39. The molecular formula is C21H23N4O3S+. The highest BCUT2D eigenvalue weighted by Gasteiger charge is 2.19. The SMILES string of the molecule is Cc1ccc2nc(N(CC[NH+](C)C)C(=O)/C=C\c3ccc([N+](=O)[O-])cc3)sc2c1. The Morgan fingerprint density at radius 2 is 1.97 bits per heavy atom. The van der Waals surface area contributed by atoms with Crippen LogP contribution in [0.3, 0.4) is 0 Å². The predicted molar refractivity (Wildman–Crippen MR) is 117 cm³/mol. The van der Waals surface area contributed by atoms with Crippen LogP contribution in [-0.2, 0) is 4.79 Å². The number of hydrogen-bond donors (Lipinski definition) is 1. The highest BCUT2D eigenvalue weighted by Crippen LogP contribution is 2.29. The van der Waals surface area contributed by atoms with Crippen molar-refractivity contribution in [3.63, 3.8) is 0 Å². The maximum absolute atomic E-state index is 12.9. The molecule has 0 fully saturated rings.